The normalized spacial score (nSPS) is 15.9. The minimum Gasteiger partial charge on any atom is -0.478 e. The molecule has 0 bridgehead atoms. The maximum atomic E-state index is 11.0. The second kappa shape index (κ2) is 5.57. The van der Waals surface area contributed by atoms with E-state index < -0.39 is 5.97 Å². The predicted octanol–water partition coefficient (Wildman–Crippen LogP) is 3.06. The van der Waals surface area contributed by atoms with E-state index in [-0.39, 0.29) is 10.6 Å². The van der Waals surface area contributed by atoms with E-state index in [1.54, 1.807) is 0 Å². The molecule has 0 aromatic carbocycles. The number of carboxylic acid groups (broad SMARTS) is 1. The van der Waals surface area contributed by atoms with Crippen LogP contribution in [0.5, 0.6) is 0 Å². The molecule has 1 aromatic rings. The Morgan fingerprint density at radius 2 is 2.22 bits per heavy atom. The molecule has 18 heavy (non-hydrogen) atoms. The first kappa shape index (κ1) is 13.1. The topological polar surface area (TPSA) is 53.4 Å². The van der Waals surface area contributed by atoms with Crippen molar-refractivity contribution in [3.05, 3.63) is 22.8 Å². The third kappa shape index (κ3) is 2.75. The van der Waals surface area contributed by atoms with Gasteiger partial charge in [-0.25, -0.2) is 9.78 Å². The third-order valence-electron chi connectivity index (χ3n) is 3.47. The minimum atomic E-state index is -1.02. The second-order valence-corrected chi connectivity index (χ2v) is 5.21. The maximum absolute atomic E-state index is 11.0. The van der Waals surface area contributed by atoms with E-state index >= 15 is 0 Å². The van der Waals surface area contributed by atoms with Crippen LogP contribution >= 0.6 is 11.6 Å². The van der Waals surface area contributed by atoms with Crippen molar-refractivity contribution in [3.63, 3.8) is 0 Å². The van der Waals surface area contributed by atoms with Gasteiger partial charge < -0.3 is 10.0 Å². The fourth-order valence-corrected chi connectivity index (χ4v) is 2.87. The fourth-order valence-electron chi connectivity index (χ4n) is 2.53. The Bertz CT molecular complexity index is 445. The van der Waals surface area contributed by atoms with Crippen molar-refractivity contribution in [1.82, 2.24) is 4.98 Å². The van der Waals surface area contributed by atoms with Crippen LogP contribution in [0, 0.1) is 5.92 Å². The zero-order chi connectivity index (χ0) is 13.1. The zero-order valence-corrected chi connectivity index (χ0v) is 11.2. The molecule has 0 spiro atoms. The molecule has 0 atom stereocenters. The summed E-state index contributed by atoms with van der Waals surface area (Å²) in [6.07, 6.45) is 6.54. The molecule has 1 N–H and O–H groups in total. The van der Waals surface area contributed by atoms with Crippen LogP contribution in [0.25, 0.3) is 0 Å². The van der Waals surface area contributed by atoms with Gasteiger partial charge in [0.05, 0.1) is 10.6 Å². The smallest absolute Gasteiger partial charge is 0.337 e. The summed E-state index contributed by atoms with van der Waals surface area (Å²) in [7, 11) is 1.91. The van der Waals surface area contributed by atoms with Crippen LogP contribution in [0.2, 0.25) is 5.02 Å². The van der Waals surface area contributed by atoms with Crippen LogP contribution < -0.4 is 4.90 Å². The Morgan fingerprint density at radius 3 is 2.83 bits per heavy atom. The molecule has 1 aliphatic carbocycles. The quantitative estimate of drug-likeness (QED) is 0.912. The number of anilines is 1. The van der Waals surface area contributed by atoms with Crippen LogP contribution in [-0.2, 0) is 0 Å². The van der Waals surface area contributed by atoms with E-state index in [1.165, 1.54) is 37.9 Å². The molecule has 0 saturated heterocycles. The second-order valence-electron chi connectivity index (χ2n) is 4.83. The molecule has 4 nitrogen and oxygen atoms in total. The minimum absolute atomic E-state index is 0.111. The van der Waals surface area contributed by atoms with Gasteiger partial charge in [0.2, 0.25) is 0 Å². The summed E-state index contributed by atoms with van der Waals surface area (Å²) in [4.78, 5) is 17.2. The molecule has 1 fully saturated rings. The highest BCUT2D eigenvalue weighted by Gasteiger charge is 2.20. The summed E-state index contributed by atoms with van der Waals surface area (Å²) in [5.74, 6) is 0.211. The third-order valence-corrected chi connectivity index (χ3v) is 3.84. The number of hydrogen-bond acceptors (Lipinski definition) is 3. The standard InChI is InChI=1S/C13H17ClN2O2/c1-16(8-9-4-2-3-5-9)12-11(14)10(13(17)18)6-7-15-12/h6-7,9H,2-5,8H2,1H3,(H,17,18). The van der Waals surface area contributed by atoms with E-state index in [2.05, 4.69) is 4.98 Å². The predicted molar refractivity (Wildman–Crippen MR) is 71.4 cm³/mol. The molecule has 0 radical (unpaired) electrons. The van der Waals surface area contributed by atoms with Crippen LogP contribution in [-0.4, -0.2) is 29.7 Å². The number of rotatable bonds is 4. The number of aromatic carboxylic acids is 1. The zero-order valence-electron chi connectivity index (χ0n) is 10.4. The van der Waals surface area contributed by atoms with Crippen LogP contribution in [0.3, 0.4) is 0 Å². The van der Waals surface area contributed by atoms with Gasteiger partial charge in [-0.15, -0.1) is 0 Å². The number of pyridine rings is 1. The van der Waals surface area contributed by atoms with E-state index in [9.17, 15) is 4.79 Å². The summed E-state index contributed by atoms with van der Waals surface area (Å²) < 4.78 is 0. The average molecular weight is 269 g/mol. The first-order valence-corrected chi connectivity index (χ1v) is 6.56. The fraction of sp³-hybridized carbons (Fsp3) is 0.538. The number of halogens is 1. The molecule has 0 aliphatic heterocycles. The highest BCUT2D eigenvalue weighted by atomic mass is 35.5. The summed E-state index contributed by atoms with van der Waals surface area (Å²) in [5, 5.41) is 9.25. The van der Waals surface area contributed by atoms with Crippen LogP contribution in [0.15, 0.2) is 12.3 Å². The van der Waals surface area contributed by atoms with Gasteiger partial charge >= 0.3 is 5.97 Å². The van der Waals surface area contributed by atoms with Crippen molar-refractivity contribution in [1.29, 1.82) is 0 Å². The molecular formula is C13H17ClN2O2. The lowest BCUT2D eigenvalue weighted by Crippen LogP contribution is -2.25. The summed E-state index contributed by atoms with van der Waals surface area (Å²) >= 11 is 6.10. The molecule has 5 heteroatoms. The Balaban J connectivity index is 2.16. The lowest BCUT2D eigenvalue weighted by Gasteiger charge is -2.23. The van der Waals surface area contributed by atoms with Crippen molar-refractivity contribution >= 4 is 23.4 Å². The largest absolute Gasteiger partial charge is 0.478 e. The molecule has 98 valence electrons. The molecule has 1 heterocycles. The Labute approximate surface area is 112 Å². The van der Waals surface area contributed by atoms with Crippen LogP contribution in [0.1, 0.15) is 36.0 Å². The van der Waals surface area contributed by atoms with Crippen molar-refractivity contribution < 1.29 is 9.90 Å². The number of carboxylic acids is 1. The molecule has 0 amide bonds. The van der Waals surface area contributed by atoms with Gasteiger partial charge in [0.25, 0.3) is 0 Å². The average Bonchev–Trinajstić information content (AvgIpc) is 2.81. The highest BCUT2D eigenvalue weighted by molar-refractivity contribution is 6.35. The Morgan fingerprint density at radius 1 is 1.56 bits per heavy atom. The van der Waals surface area contributed by atoms with E-state index in [4.69, 9.17) is 16.7 Å². The van der Waals surface area contributed by atoms with Crippen molar-refractivity contribution in [3.8, 4) is 0 Å². The maximum Gasteiger partial charge on any atom is 0.337 e. The van der Waals surface area contributed by atoms with Crippen molar-refractivity contribution in [2.24, 2.45) is 5.92 Å². The molecular weight excluding hydrogens is 252 g/mol. The lowest BCUT2D eigenvalue weighted by molar-refractivity contribution is 0.0697. The molecule has 1 aromatic heterocycles. The highest BCUT2D eigenvalue weighted by Crippen LogP contribution is 2.30. The SMILES string of the molecule is CN(CC1CCCC1)c1nccc(C(=O)O)c1Cl. The van der Waals surface area contributed by atoms with Gasteiger partial charge in [-0.05, 0) is 24.8 Å². The molecule has 2 rings (SSSR count). The molecule has 1 aliphatic rings. The van der Waals surface area contributed by atoms with Crippen LogP contribution in [0.4, 0.5) is 5.82 Å². The van der Waals surface area contributed by atoms with Gasteiger partial charge in [-0.3, -0.25) is 0 Å². The number of aromatic nitrogens is 1. The van der Waals surface area contributed by atoms with Gasteiger partial charge in [-0.2, -0.15) is 0 Å². The Hall–Kier alpha value is -1.29. The van der Waals surface area contributed by atoms with E-state index in [0.717, 1.165) is 6.54 Å². The van der Waals surface area contributed by atoms with Crippen molar-refractivity contribution in [2.75, 3.05) is 18.5 Å². The molecule has 1 saturated carbocycles. The van der Waals surface area contributed by atoms with Gasteiger partial charge in [-0.1, -0.05) is 24.4 Å². The first-order chi connectivity index (χ1) is 8.59. The summed E-state index contributed by atoms with van der Waals surface area (Å²) in [6, 6.07) is 1.43. The molecule has 0 unspecified atom stereocenters. The number of hydrogen-bond donors (Lipinski definition) is 1. The van der Waals surface area contributed by atoms with Crippen molar-refractivity contribution in [2.45, 2.75) is 25.7 Å². The van der Waals surface area contributed by atoms with Gasteiger partial charge in [0.15, 0.2) is 0 Å². The lowest BCUT2D eigenvalue weighted by atomic mass is 10.1. The summed E-state index contributed by atoms with van der Waals surface area (Å²) in [5.41, 5.74) is 0.111. The Kier molecular flexibility index (Phi) is 4.07. The van der Waals surface area contributed by atoms with Gasteiger partial charge in [0, 0.05) is 19.8 Å². The first-order valence-electron chi connectivity index (χ1n) is 6.18. The van der Waals surface area contributed by atoms with E-state index in [1.807, 2.05) is 11.9 Å². The summed E-state index contributed by atoms with van der Waals surface area (Å²) in [6.45, 7) is 0.885. The number of nitrogens with zero attached hydrogens (tertiary/aromatic N) is 2. The monoisotopic (exact) mass is 268 g/mol. The number of carbonyl (C=O) groups is 1. The van der Waals surface area contributed by atoms with Gasteiger partial charge in [0.1, 0.15) is 5.82 Å². The van der Waals surface area contributed by atoms with E-state index in [0.29, 0.717) is 11.7 Å².